The van der Waals surface area contributed by atoms with Crippen molar-refractivity contribution in [1.82, 2.24) is 4.90 Å². The molecule has 2 rings (SSSR count). The molecular formula is C23H30N2O3. The van der Waals surface area contributed by atoms with Gasteiger partial charge in [-0.05, 0) is 30.4 Å². The molecule has 0 aliphatic rings. The van der Waals surface area contributed by atoms with Crippen LogP contribution in [0, 0.1) is 5.92 Å². The minimum Gasteiger partial charge on any atom is -0.480 e. The van der Waals surface area contributed by atoms with Crippen LogP contribution in [0.15, 0.2) is 60.7 Å². The van der Waals surface area contributed by atoms with Gasteiger partial charge in [0, 0.05) is 13.1 Å². The maximum Gasteiger partial charge on any atom is 0.331 e. The van der Waals surface area contributed by atoms with Gasteiger partial charge in [-0.3, -0.25) is 9.69 Å². The summed E-state index contributed by atoms with van der Waals surface area (Å²) in [7, 11) is 0. The second kappa shape index (κ2) is 9.62. The van der Waals surface area contributed by atoms with Crippen LogP contribution in [0.2, 0.25) is 0 Å². The summed E-state index contributed by atoms with van der Waals surface area (Å²) < 4.78 is 0. The van der Waals surface area contributed by atoms with Gasteiger partial charge in [0.1, 0.15) is 0 Å². The number of ketones is 1. The van der Waals surface area contributed by atoms with Crippen LogP contribution in [-0.2, 0) is 22.7 Å². The molecule has 0 fully saturated rings. The lowest BCUT2D eigenvalue weighted by molar-refractivity contribution is -0.158. The van der Waals surface area contributed by atoms with Gasteiger partial charge in [0.05, 0.1) is 6.04 Å². The van der Waals surface area contributed by atoms with Gasteiger partial charge in [0.15, 0.2) is 11.3 Å². The molecule has 150 valence electrons. The van der Waals surface area contributed by atoms with Gasteiger partial charge < -0.3 is 10.8 Å². The molecule has 0 bridgehead atoms. The Kier molecular flexibility index (Phi) is 7.49. The highest BCUT2D eigenvalue weighted by Crippen LogP contribution is 2.25. The van der Waals surface area contributed by atoms with E-state index in [1.165, 1.54) is 6.92 Å². The molecule has 2 atom stereocenters. The van der Waals surface area contributed by atoms with Crippen molar-refractivity contribution >= 4 is 11.8 Å². The highest BCUT2D eigenvalue weighted by Gasteiger charge is 2.48. The van der Waals surface area contributed by atoms with Crippen molar-refractivity contribution in [2.24, 2.45) is 11.7 Å². The van der Waals surface area contributed by atoms with Gasteiger partial charge in [-0.1, -0.05) is 74.5 Å². The zero-order chi connectivity index (χ0) is 20.7. The van der Waals surface area contributed by atoms with E-state index in [0.29, 0.717) is 19.5 Å². The van der Waals surface area contributed by atoms with Crippen molar-refractivity contribution in [3.05, 3.63) is 71.8 Å². The van der Waals surface area contributed by atoms with Gasteiger partial charge in [-0.25, -0.2) is 4.79 Å². The fourth-order valence-electron chi connectivity index (χ4n) is 3.35. The molecule has 2 aromatic carbocycles. The first kappa shape index (κ1) is 21.8. The smallest absolute Gasteiger partial charge is 0.331 e. The first-order valence-electron chi connectivity index (χ1n) is 9.61. The Balaban J connectivity index is 2.42. The van der Waals surface area contributed by atoms with Crippen molar-refractivity contribution in [2.45, 2.75) is 51.9 Å². The number of rotatable bonds is 10. The molecular weight excluding hydrogens is 352 g/mol. The number of benzene rings is 2. The van der Waals surface area contributed by atoms with Crippen LogP contribution < -0.4 is 5.73 Å². The number of carboxylic acids is 1. The minimum absolute atomic E-state index is 0.202. The second-order valence-corrected chi connectivity index (χ2v) is 7.80. The molecule has 0 saturated heterocycles. The molecule has 0 amide bonds. The van der Waals surface area contributed by atoms with Crippen molar-refractivity contribution < 1.29 is 14.7 Å². The number of carbonyl (C=O) groups excluding carboxylic acids is 1. The first-order valence-corrected chi connectivity index (χ1v) is 9.61. The zero-order valence-electron chi connectivity index (χ0n) is 16.8. The Hall–Kier alpha value is -2.50. The van der Waals surface area contributed by atoms with Gasteiger partial charge in [0.25, 0.3) is 0 Å². The predicted octanol–water partition coefficient (Wildman–Crippen LogP) is 3.47. The summed E-state index contributed by atoms with van der Waals surface area (Å²) in [5.41, 5.74) is 6.29. The molecule has 5 heteroatoms. The summed E-state index contributed by atoms with van der Waals surface area (Å²) in [6.45, 7) is 6.08. The molecule has 0 saturated carbocycles. The second-order valence-electron chi connectivity index (χ2n) is 7.80. The van der Waals surface area contributed by atoms with E-state index in [4.69, 9.17) is 5.73 Å². The standard InChI is InChI=1S/C23H30N2O3/c1-17(2)14-20(24)21(26)23(3,22(27)28)25(15-18-10-6-4-7-11-18)16-19-12-8-5-9-13-19/h4-13,17,20H,14-16,24H2,1-3H3,(H,27,28). The maximum atomic E-state index is 13.2. The van der Waals surface area contributed by atoms with Gasteiger partial charge in [-0.15, -0.1) is 0 Å². The van der Waals surface area contributed by atoms with E-state index >= 15 is 0 Å². The number of hydrogen-bond donors (Lipinski definition) is 2. The highest BCUT2D eigenvalue weighted by atomic mass is 16.4. The maximum absolute atomic E-state index is 13.2. The fraction of sp³-hybridized carbons (Fsp3) is 0.391. The lowest BCUT2D eigenvalue weighted by atomic mass is 9.85. The summed E-state index contributed by atoms with van der Waals surface area (Å²) in [6.07, 6.45) is 0.451. The quantitative estimate of drug-likeness (QED) is 0.615. The number of Topliss-reactive ketones (excluding diaryl/α,β-unsaturated/α-hetero) is 1. The predicted molar refractivity (Wildman–Crippen MR) is 111 cm³/mol. The van der Waals surface area contributed by atoms with E-state index in [9.17, 15) is 14.7 Å². The van der Waals surface area contributed by atoms with Crippen LogP contribution in [0.25, 0.3) is 0 Å². The molecule has 5 nitrogen and oxygen atoms in total. The Morgan fingerprint density at radius 3 is 1.75 bits per heavy atom. The van der Waals surface area contributed by atoms with E-state index in [1.54, 1.807) is 4.90 Å². The normalized spacial score (nSPS) is 14.6. The molecule has 0 aromatic heterocycles. The lowest BCUT2D eigenvalue weighted by Gasteiger charge is -2.38. The molecule has 2 unspecified atom stereocenters. The van der Waals surface area contributed by atoms with Gasteiger partial charge >= 0.3 is 5.97 Å². The van der Waals surface area contributed by atoms with Gasteiger partial charge in [0.2, 0.25) is 0 Å². The first-order chi connectivity index (χ1) is 13.2. The molecule has 0 aliphatic heterocycles. The van der Waals surface area contributed by atoms with Crippen molar-refractivity contribution in [1.29, 1.82) is 0 Å². The van der Waals surface area contributed by atoms with Crippen LogP contribution in [-0.4, -0.2) is 33.3 Å². The highest BCUT2D eigenvalue weighted by molar-refractivity contribution is 6.09. The summed E-state index contributed by atoms with van der Waals surface area (Å²) in [5, 5.41) is 10.1. The van der Waals surface area contributed by atoms with E-state index in [1.807, 2.05) is 74.5 Å². The SMILES string of the molecule is CC(C)CC(N)C(=O)C(C)(C(=O)O)N(Cc1ccccc1)Cc1ccccc1. The van der Waals surface area contributed by atoms with E-state index < -0.39 is 23.3 Å². The largest absolute Gasteiger partial charge is 0.480 e. The summed E-state index contributed by atoms with van der Waals surface area (Å²) in [6, 6.07) is 18.3. The van der Waals surface area contributed by atoms with Crippen LogP contribution in [0.1, 0.15) is 38.3 Å². The van der Waals surface area contributed by atoms with Crippen molar-refractivity contribution in [3.63, 3.8) is 0 Å². The topological polar surface area (TPSA) is 83.6 Å². The Labute approximate surface area is 167 Å². The third-order valence-corrected chi connectivity index (χ3v) is 5.02. The van der Waals surface area contributed by atoms with Crippen LogP contribution in [0.5, 0.6) is 0 Å². The molecule has 0 radical (unpaired) electrons. The minimum atomic E-state index is -1.72. The monoisotopic (exact) mass is 382 g/mol. The van der Waals surface area contributed by atoms with E-state index in [2.05, 4.69) is 0 Å². The number of hydrogen-bond acceptors (Lipinski definition) is 4. The van der Waals surface area contributed by atoms with Crippen LogP contribution in [0.4, 0.5) is 0 Å². The number of carbonyl (C=O) groups is 2. The number of aliphatic carboxylic acids is 1. The van der Waals surface area contributed by atoms with E-state index in [-0.39, 0.29) is 5.92 Å². The Morgan fingerprint density at radius 2 is 1.39 bits per heavy atom. The molecule has 28 heavy (non-hydrogen) atoms. The molecule has 3 N–H and O–H groups in total. The Bertz CT molecular complexity index is 735. The third-order valence-electron chi connectivity index (χ3n) is 5.02. The fourth-order valence-corrected chi connectivity index (χ4v) is 3.35. The average Bonchev–Trinajstić information content (AvgIpc) is 2.67. The van der Waals surface area contributed by atoms with Gasteiger partial charge in [-0.2, -0.15) is 0 Å². The number of nitrogens with two attached hydrogens (primary N) is 1. The van der Waals surface area contributed by atoms with Crippen molar-refractivity contribution in [3.8, 4) is 0 Å². The summed E-state index contributed by atoms with van der Waals surface area (Å²) in [5.74, 6) is -1.43. The summed E-state index contributed by atoms with van der Waals surface area (Å²) >= 11 is 0. The van der Waals surface area contributed by atoms with E-state index in [0.717, 1.165) is 11.1 Å². The molecule has 0 aliphatic carbocycles. The van der Waals surface area contributed by atoms with Crippen LogP contribution in [0.3, 0.4) is 0 Å². The molecule has 0 spiro atoms. The lowest BCUT2D eigenvalue weighted by Crippen LogP contribution is -2.61. The molecule has 0 heterocycles. The number of carboxylic acid groups (broad SMARTS) is 1. The average molecular weight is 383 g/mol. The third kappa shape index (κ3) is 5.27. The Morgan fingerprint density at radius 1 is 0.964 bits per heavy atom. The molecule has 2 aromatic rings. The number of nitrogens with zero attached hydrogens (tertiary/aromatic N) is 1. The van der Waals surface area contributed by atoms with Crippen LogP contribution >= 0.6 is 0 Å². The summed E-state index contributed by atoms with van der Waals surface area (Å²) in [4.78, 5) is 27.3. The zero-order valence-corrected chi connectivity index (χ0v) is 16.8. The van der Waals surface area contributed by atoms with Crippen molar-refractivity contribution in [2.75, 3.05) is 0 Å².